The highest BCUT2D eigenvalue weighted by atomic mass is 19.3. The van der Waals surface area contributed by atoms with Crippen LogP contribution in [-0.2, 0) is 4.74 Å². The van der Waals surface area contributed by atoms with Crippen molar-refractivity contribution in [2.75, 3.05) is 7.11 Å². The highest BCUT2D eigenvalue weighted by Crippen LogP contribution is 2.14. The van der Waals surface area contributed by atoms with Gasteiger partial charge in [-0.1, -0.05) is 0 Å². The minimum absolute atomic E-state index is 0.900. The second-order valence-electron chi connectivity index (χ2n) is 1.56. The van der Waals surface area contributed by atoms with Crippen LogP contribution in [0.3, 0.4) is 0 Å². The Kier molecular flexibility index (Phi) is 2.30. The van der Waals surface area contributed by atoms with Gasteiger partial charge in [0.15, 0.2) is 0 Å². The predicted octanol–water partition coefficient (Wildman–Crippen LogP) is 0.606. The molecule has 0 bridgehead atoms. The first kappa shape index (κ1) is 7.78. The van der Waals surface area contributed by atoms with Crippen molar-refractivity contribution < 1.29 is 18.6 Å². The second-order valence-corrected chi connectivity index (χ2v) is 1.56. The van der Waals surface area contributed by atoms with Crippen molar-refractivity contribution in [2.45, 2.75) is 19.1 Å². The first-order valence-corrected chi connectivity index (χ1v) is 2.06. The van der Waals surface area contributed by atoms with Crippen molar-refractivity contribution in [1.29, 1.82) is 0 Å². The third kappa shape index (κ3) is 1.71. The summed E-state index contributed by atoms with van der Waals surface area (Å²) in [5.74, 6) is -2.29. The van der Waals surface area contributed by atoms with Gasteiger partial charge in [0.1, 0.15) is 0 Å². The van der Waals surface area contributed by atoms with Crippen LogP contribution in [0.4, 0.5) is 8.78 Å². The Hall–Kier alpha value is -0.220. The van der Waals surface area contributed by atoms with Gasteiger partial charge >= 0.3 is 0 Å². The lowest BCUT2D eigenvalue weighted by atomic mass is 10.3. The van der Waals surface area contributed by atoms with Gasteiger partial charge in [0.05, 0.1) is 0 Å². The molecule has 0 aromatic heterocycles. The summed E-state index contributed by atoms with van der Waals surface area (Å²) in [4.78, 5) is 0. The minimum Gasteiger partial charge on any atom is -0.361 e. The SMILES string of the molecule is COC(C)(O)C(F)F. The molecule has 0 radical (unpaired) electrons. The predicted molar refractivity (Wildman–Crippen MR) is 23.6 cm³/mol. The first-order valence-electron chi connectivity index (χ1n) is 2.06. The molecule has 0 rings (SSSR count). The summed E-state index contributed by atoms with van der Waals surface area (Å²) in [6.45, 7) is 0.900. The van der Waals surface area contributed by atoms with Gasteiger partial charge in [0, 0.05) is 7.11 Å². The van der Waals surface area contributed by atoms with Crippen LogP contribution < -0.4 is 0 Å². The largest absolute Gasteiger partial charge is 0.361 e. The van der Waals surface area contributed by atoms with E-state index < -0.39 is 12.2 Å². The number of hydrogen-bond acceptors (Lipinski definition) is 2. The highest BCUT2D eigenvalue weighted by Gasteiger charge is 2.31. The molecule has 0 aromatic rings. The van der Waals surface area contributed by atoms with E-state index in [9.17, 15) is 8.78 Å². The fourth-order valence-corrected chi connectivity index (χ4v) is 0.0891. The lowest BCUT2D eigenvalue weighted by Gasteiger charge is -2.18. The topological polar surface area (TPSA) is 29.5 Å². The van der Waals surface area contributed by atoms with E-state index in [1.165, 1.54) is 0 Å². The van der Waals surface area contributed by atoms with Crippen LogP contribution >= 0.6 is 0 Å². The van der Waals surface area contributed by atoms with E-state index in [2.05, 4.69) is 4.74 Å². The van der Waals surface area contributed by atoms with E-state index >= 15 is 0 Å². The fraction of sp³-hybridized carbons (Fsp3) is 1.00. The third-order valence-electron chi connectivity index (χ3n) is 0.818. The van der Waals surface area contributed by atoms with Crippen LogP contribution in [0.1, 0.15) is 6.92 Å². The minimum atomic E-state index is -2.85. The Morgan fingerprint density at radius 2 is 2.00 bits per heavy atom. The summed E-state index contributed by atoms with van der Waals surface area (Å²) in [6, 6.07) is 0. The molecule has 4 heteroatoms. The van der Waals surface area contributed by atoms with Gasteiger partial charge in [0.25, 0.3) is 6.43 Å². The van der Waals surface area contributed by atoms with Gasteiger partial charge in [-0.25, -0.2) is 8.78 Å². The van der Waals surface area contributed by atoms with E-state index in [1.54, 1.807) is 0 Å². The van der Waals surface area contributed by atoms with Crippen LogP contribution in [-0.4, -0.2) is 24.4 Å². The Labute approximate surface area is 46.1 Å². The number of rotatable bonds is 2. The Balaban J connectivity index is 3.71. The van der Waals surface area contributed by atoms with Gasteiger partial charge in [-0.3, -0.25) is 0 Å². The van der Waals surface area contributed by atoms with Crippen LogP contribution in [0.5, 0.6) is 0 Å². The molecule has 50 valence electrons. The number of halogens is 2. The summed E-state index contributed by atoms with van der Waals surface area (Å²) in [5.41, 5.74) is 0. The number of aliphatic hydroxyl groups is 1. The Morgan fingerprint density at radius 3 is 2.00 bits per heavy atom. The van der Waals surface area contributed by atoms with E-state index in [-0.39, 0.29) is 0 Å². The zero-order valence-electron chi connectivity index (χ0n) is 4.69. The zero-order valence-corrected chi connectivity index (χ0v) is 4.69. The van der Waals surface area contributed by atoms with Crippen molar-refractivity contribution in [2.24, 2.45) is 0 Å². The summed E-state index contributed by atoms with van der Waals surface area (Å²) < 4.78 is 26.9. The molecule has 0 amide bonds. The quantitative estimate of drug-likeness (QED) is 0.549. The van der Waals surface area contributed by atoms with E-state index in [4.69, 9.17) is 5.11 Å². The lowest BCUT2D eigenvalue weighted by Crippen LogP contribution is -2.35. The maximum absolute atomic E-state index is 11.4. The summed E-state index contributed by atoms with van der Waals surface area (Å²) in [7, 11) is 1.02. The molecule has 1 N–H and O–H groups in total. The fourth-order valence-electron chi connectivity index (χ4n) is 0.0891. The molecule has 8 heavy (non-hydrogen) atoms. The van der Waals surface area contributed by atoms with Crippen molar-refractivity contribution in [3.8, 4) is 0 Å². The maximum Gasteiger partial charge on any atom is 0.291 e. The third-order valence-corrected chi connectivity index (χ3v) is 0.818. The number of methoxy groups -OCH3 is 1. The summed E-state index contributed by atoms with van der Waals surface area (Å²) in [6.07, 6.45) is -2.85. The van der Waals surface area contributed by atoms with Crippen molar-refractivity contribution >= 4 is 0 Å². The number of hydrogen-bond donors (Lipinski definition) is 1. The molecule has 0 fully saturated rings. The molecule has 0 aliphatic heterocycles. The average molecular weight is 126 g/mol. The lowest BCUT2D eigenvalue weighted by molar-refractivity contribution is -0.243. The highest BCUT2D eigenvalue weighted by molar-refractivity contribution is 4.59. The van der Waals surface area contributed by atoms with E-state index in [0.717, 1.165) is 14.0 Å². The molecule has 0 heterocycles. The molecule has 0 aliphatic carbocycles. The average Bonchev–Trinajstić information content (AvgIpc) is 1.67. The zero-order chi connectivity index (χ0) is 6.78. The molecule has 0 aliphatic rings. The monoisotopic (exact) mass is 126 g/mol. The molecule has 0 aromatic carbocycles. The van der Waals surface area contributed by atoms with Gasteiger partial charge in [-0.15, -0.1) is 0 Å². The molecule has 0 saturated carbocycles. The first-order chi connectivity index (χ1) is 3.50. The van der Waals surface area contributed by atoms with Gasteiger partial charge < -0.3 is 9.84 Å². The van der Waals surface area contributed by atoms with E-state index in [1.807, 2.05) is 0 Å². The standard InChI is InChI=1S/C4H8F2O2/c1-4(7,8-2)3(5)6/h3,7H,1-2H3. The smallest absolute Gasteiger partial charge is 0.291 e. The van der Waals surface area contributed by atoms with Crippen molar-refractivity contribution in [3.05, 3.63) is 0 Å². The number of ether oxygens (including phenoxy) is 1. The van der Waals surface area contributed by atoms with Crippen molar-refractivity contribution in [3.63, 3.8) is 0 Å². The normalized spacial score (nSPS) is 18.8. The van der Waals surface area contributed by atoms with Crippen LogP contribution in [0.2, 0.25) is 0 Å². The second kappa shape index (κ2) is 2.37. The molecular weight excluding hydrogens is 118 g/mol. The van der Waals surface area contributed by atoms with Gasteiger partial charge in [-0.2, -0.15) is 0 Å². The van der Waals surface area contributed by atoms with E-state index in [0.29, 0.717) is 0 Å². The molecule has 0 spiro atoms. The van der Waals surface area contributed by atoms with Crippen molar-refractivity contribution in [1.82, 2.24) is 0 Å². The molecular formula is C4H8F2O2. The molecule has 2 nitrogen and oxygen atoms in total. The Bertz CT molecular complexity index is 72.4. The van der Waals surface area contributed by atoms with Crippen LogP contribution in [0.25, 0.3) is 0 Å². The van der Waals surface area contributed by atoms with Gasteiger partial charge in [0.2, 0.25) is 5.79 Å². The van der Waals surface area contributed by atoms with Crippen LogP contribution in [0, 0.1) is 0 Å². The Morgan fingerprint density at radius 1 is 1.62 bits per heavy atom. The van der Waals surface area contributed by atoms with Gasteiger partial charge in [-0.05, 0) is 6.92 Å². The summed E-state index contributed by atoms with van der Waals surface area (Å²) >= 11 is 0. The maximum atomic E-state index is 11.4. The van der Waals surface area contributed by atoms with Crippen LogP contribution in [0.15, 0.2) is 0 Å². The molecule has 0 saturated heterocycles. The molecule has 1 unspecified atom stereocenters. The number of alkyl halides is 2. The summed E-state index contributed by atoms with van der Waals surface area (Å²) in [5, 5.41) is 8.43. The molecule has 1 atom stereocenters.